The minimum absolute atomic E-state index is 0.0429. The molecule has 0 spiro atoms. The van der Waals surface area contributed by atoms with Gasteiger partial charge < -0.3 is 0 Å². The first-order valence-corrected chi connectivity index (χ1v) is 5.43. The molecule has 0 atom stereocenters. The van der Waals surface area contributed by atoms with E-state index in [9.17, 15) is 4.79 Å². The predicted octanol–water partition coefficient (Wildman–Crippen LogP) is 2.07. The molecule has 76 valence electrons. The number of nitrogens with zero attached hydrogens (tertiary/aromatic N) is 3. The quantitative estimate of drug-likeness (QED) is 0.630. The smallest absolute Gasteiger partial charge is 0.178 e. The molecule has 0 saturated carbocycles. The van der Waals surface area contributed by atoms with Gasteiger partial charge in [-0.1, -0.05) is 6.07 Å². The predicted molar refractivity (Wildman–Crippen MR) is 64.1 cm³/mol. The van der Waals surface area contributed by atoms with E-state index in [0.717, 1.165) is 3.57 Å². The number of ketones is 1. The first-order chi connectivity index (χ1) is 7.16. The summed E-state index contributed by atoms with van der Waals surface area (Å²) in [4.78, 5) is 15.3. The summed E-state index contributed by atoms with van der Waals surface area (Å²) in [5.74, 6) is 0.615. The molecule has 2 rings (SSSR count). The maximum absolute atomic E-state index is 11.1. The number of hydrogen-bond acceptors (Lipinski definition) is 3. The van der Waals surface area contributed by atoms with E-state index in [-0.39, 0.29) is 5.78 Å². The molecule has 0 radical (unpaired) electrons. The average Bonchev–Trinajstić information content (AvgIpc) is 2.65. The molecule has 0 aliphatic heterocycles. The number of Topliss-reactive ketones (excluding diaryl/α,β-unsaturated/α-hetero) is 1. The van der Waals surface area contributed by atoms with Crippen molar-refractivity contribution in [3.05, 3.63) is 39.9 Å². The molecular formula is C10H8IN3O. The molecule has 0 fully saturated rings. The minimum atomic E-state index is -0.0429. The lowest BCUT2D eigenvalue weighted by Gasteiger charge is -2.01. The molecule has 0 saturated heterocycles. The van der Waals surface area contributed by atoms with E-state index in [0.29, 0.717) is 11.5 Å². The lowest BCUT2D eigenvalue weighted by molar-refractivity contribution is 0.101. The van der Waals surface area contributed by atoms with Crippen molar-refractivity contribution in [3.8, 4) is 5.82 Å². The maximum Gasteiger partial charge on any atom is 0.178 e. The van der Waals surface area contributed by atoms with Gasteiger partial charge in [-0.15, -0.1) is 0 Å². The van der Waals surface area contributed by atoms with Gasteiger partial charge in [-0.2, -0.15) is 5.10 Å². The lowest BCUT2D eigenvalue weighted by Crippen LogP contribution is -2.03. The molecule has 2 heterocycles. The van der Waals surface area contributed by atoms with Crippen molar-refractivity contribution in [3.63, 3.8) is 0 Å². The Kier molecular flexibility index (Phi) is 2.81. The Hall–Kier alpha value is -1.24. The molecule has 0 aromatic carbocycles. The molecule has 0 aliphatic carbocycles. The van der Waals surface area contributed by atoms with Crippen LogP contribution in [0.1, 0.15) is 17.4 Å². The normalized spacial score (nSPS) is 10.3. The van der Waals surface area contributed by atoms with Gasteiger partial charge in [0.15, 0.2) is 11.6 Å². The fourth-order valence-corrected chi connectivity index (χ4v) is 1.56. The molecule has 0 bridgehead atoms. The Morgan fingerprint density at radius 1 is 1.47 bits per heavy atom. The third kappa shape index (κ3) is 2.23. The van der Waals surface area contributed by atoms with Gasteiger partial charge in [-0.3, -0.25) is 4.79 Å². The summed E-state index contributed by atoms with van der Waals surface area (Å²) in [5.41, 5.74) is 0.456. The zero-order valence-electron chi connectivity index (χ0n) is 8.01. The van der Waals surface area contributed by atoms with Crippen LogP contribution in [0.3, 0.4) is 0 Å². The average molecular weight is 313 g/mol. The van der Waals surface area contributed by atoms with Gasteiger partial charge in [0.25, 0.3) is 0 Å². The molecule has 0 amide bonds. The van der Waals surface area contributed by atoms with Gasteiger partial charge >= 0.3 is 0 Å². The van der Waals surface area contributed by atoms with Crippen LogP contribution in [-0.2, 0) is 0 Å². The summed E-state index contributed by atoms with van der Waals surface area (Å²) in [6, 6.07) is 5.31. The van der Waals surface area contributed by atoms with Crippen LogP contribution < -0.4 is 0 Å². The monoisotopic (exact) mass is 313 g/mol. The number of hydrogen-bond donors (Lipinski definition) is 0. The fraction of sp³-hybridized carbons (Fsp3) is 0.100. The van der Waals surface area contributed by atoms with Crippen LogP contribution in [0, 0.1) is 3.57 Å². The summed E-state index contributed by atoms with van der Waals surface area (Å²) >= 11 is 2.17. The van der Waals surface area contributed by atoms with Gasteiger partial charge in [0.2, 0.25) is 0 Å². The van der Waals surface area contributed by atoms with E-state index >= 15 is 0 Å². The topological polar surface area (TPSA) is 47.8 Å². The van der Waals surface area contributed by atoms with Crippen molar-refractivity contribution < 1.29 is 4.79 Å². The summed E-state index contributed by atoms with van der Waals surface area (Å²) in [6.07, 6.45) is 3.59. The molecule has 0 unspecified atom stereocenters. The van der Waals surface area contributed by atoms with Crippen molar-refractivity contribution in [2.24, 2.45) is 0 Å². The van der Waals surface area contributed by atoms with Gasteiger partial charge in [-0.25, -0.2) is 9.67 Å². The minimum Gasteiger partial charge on any atom is -0.293 e. The second-order valence-electron chi connectivity index (χ2n) is 3.04. The van der Waals surface area contributed by atoms with Gasteiger partial charge in [0.05, 0.1) is 9.77 Å². The second kappa shape index (κ2) is 4.09. The van der Waals surface area contributed by atoms with Crippen LogP contribution in [0.2, 0.25) is 0 Å². The summed E-state index contributed by atoms with van der Waals surface area (Å²) in [7, 11) is 0. The Bertz CT molecular complexity index is 507. The SMILES string of the molecule is CC(=O)c1cccc(-n2cc(I)cn2)n1. The van der Waals surface area contributed by atoms with E-state index in [1.165, 1.54) is 6.92 Å². The first-order valence-electron chi connectivity index (χ1n) is 4.35. The molecular weight excluding hydrogens is 305 g/mol. The summed E-state index contributed by atoms with van der Waals surface area (Å²) in [6.45, 7) is 1.50. The Balaban J connectivity index is 2.45. The molecule has 0 aliphatic rings. The maximum atomic E-state index is 11.1. The third-order valence-electron chi connectivity index (χ3n) is 1.88. The van der Waals surface area contributed by atoms with Crippen molar-refractivity contribution in [2.45, 2.75) is 6.92 Å². The van der Waals surface area contributed by atoms with Gasteiger partial charge in [-0.05, 0) is 34.7 Å². The molecule has 2 aromatic rings. The van der Waals surface area contributed by atoms with Gasteiger partial charge in [0.1, 0.15) is 5.69 Å². The molecule has 15 heavy (non-hydrogen) atoms. The van der Waals surface area contributed by atoms with Crippen molar-refractivity contribution in [1.29, 1.82) is 0 Å². The summed E-state index contributed by atoms with van der Waals surface area (Å²) in [5, 5.41) is 4.12. The highest BCUT2D eigenvalue weighted by Crippen LogP contribution is 2.08. The Morgan fingerprint density at radius 2 is 2.27 bits per heavy atom. The summed E-state index contributed by atoms with van der Waals surface area (Å²) < 4.78 is 2.68. The number of carbonyl (C=O) groups is 1. The standard InChI is InChI=1S/C10H8IN3O/c1-7(15)9-3-2-4-10(13-9)14-6-8(11)5-12-14/h2-6H,1H3. The van der Waals surface area contributed by atoms with Crippen LogP contribution in [0.4, 0.5) is 0 Å². The Morgan fingerprint density at radius 3 is 2.87 bits per heavy atom. The van der Waals surface area contributed by atoms with Crippen LogP contribution in [0.25, 0.3) is 5.82 Å². The number of pyridine rings is 1. The van der Waals surface area contributed by atoms with Crippen LogP contribution in [0.15, 0.2) is 30.6 Å². The van der Waals surface area contributed by atoms with E-state index in [1.54, 1.807) is 23.0 Å². The fourth-order valence-electron chi connectivity index (χ4n) is 1.17. The van der Waals surface area contributed by atoms with Crippen molar-refractivity contribution >= 4 is 28.4 Å². The van der Waals surface area contributed by atoms with E-state index < -0.39 is 0 Å². The highest BCUT2D eigenvalue weighted by Gasteiger charge is 2.04. The number of aromatic nitrogens is 3. The number of carbonyl (C=O) groups excluding carboxylic acids is 1. The highest BCUT2D eigenvalue weighted by atomic mass is 127. The highest BCUT2D eigenvalue weighted by molar-refractivity contribution is 14.1. The zero-order valence-corrected chi connectivity index (χ0v) is 10.2. The molecule has 0 N–H and O–H groups in total. The second-order valence-corrected chi connectivity index (χ2v) is 4.29. The van der Waals surface area contributed by atoms with Crippen molar-refractivity contribution in [2.75, 3.05) is 0 Å². The largest absolute Gasteiger partial charge is 0.293 e. The van der Waals surface area contributed by atoms with Crippen LogP contribution >= 0.6 is 22.6 Å². The number of halogens is 1. The van der Waals surface area contributed by atoms with Crippen molar-refractivity contribution in [1.82, 2.24) is 14.8 Å². The number of rotatable bonds is 2. The lowest BCUT2D eigenvalue weighted by atomic mass is 10.3. The molecule has 5 heteroatoms. The van der Waals surface area contributed by atoms with E-state index in [2.05, 4.69) is 32.7 Å². The first kappa shape index (κ1) is 10.3. The van der Waals surface area contributed by atoms with Crippen LogP contribution in [0.5, 0.6) is 0 Å². The van der Waals surface area contributed by atoms with E-state index in [1.807, 2.05) is 12.3 Å². The zero-order chi connectivity index (χ0) is 10.8. The van der Waals surface area contributed by atoms with Crippen LogP contribution in [-0.4, -0.2) is 20.5 Å². The Labute approximate surface area is 100 Å². The van der Waals surface area contributed by atoms with E-state index in [4.69, 9.17) is 0 Å². The molecule has 2 aromatic heterocycles. The molecule has 4 nitrogen and oxygen atoms in total. The van der Waals surface area contributed by atoms with Gasteiger partial charge in [0, 0.05) is 13.1 Å². The third-order valence-corrected chi connectivity index (χ3v) is 2.44.